The van der Waals surface area contributed by atoms with E-state index in [-0.39, 0.29) is 0 Å². The first-order chi connectivity index (χ1) is 6.22. The zero-order valence-corrected chi connectivity index (χ0v) is 8.18. The van der Waals surface area contributed by atoms with E-state index in [4.69, 9.17) is 5.73 Å². The number of anilines is 1. The SMILES string of the molecule is Nc1ccccc1C1(O)CCSC1. The minimum atomic E-state index is -0.685. The van der Waals surface area contributed by atoms with E-state index in [1.165, 1.54) is 0 Å². The van der Waals surface area contributed by atoms with E-state index < -0.39 is 5.60 Å². The van der Waals surface area contributed by atoms with E-state index in [0.29, 0.717) is 5.69 Å². The summed E-state index contributed by atoms with van der Waals surface area (Å²) in [5.74, 6) is 1.78. The van der Waals surface area contributed by atoms with Gasteiger partial charge in [-0.1, -0.05) is 18.2 Å². The molecule has 2 nitrogen and oxygen atoms in total. The van der Waals surface area contributed by atoms with Gasteiger partial charge in [0.1, 0.15) is 5.60 Å². The molecule has 1 heterocycles. The number of benzene rings is 1. The van der Waals surface area contributed by atoms with Crippen molar-refractivity contribution in [1.82, 2.24) is 0 Å². The van der Waals surface area contributed by atoms with E-state index in [9.17, 15) is 5.11 Å². The van der Waals surface area contributed by atoms with Gasteiger partial charge in [0, 0.05) is 17.0 Å². The maximum absolute atomic E-state index is 10.2. The quantitative estimate of drug-likeness (QED) is 0.669. The summed E-state index contributed by atoms with van der Waals surface area (Å²) in [6, 6.07) is 7.58. The Morgan fingerprint density at radius 1 is 1.38 bits per heavy atom. The lowest BCUT2D eigenvalue weighted by atomic mass is 9.92. The normalized spacial score (nSPS) is 27.8. The summed E-state index contributed by atoms with van der Waals surface area (Å²) in [6.07, 6.45) is 0.811. The Kier molecular flexibility index (Phi) is 2.22. The number of hydrogen-bond donors (Lipinski definition) is 2. The first-order valence-electron chi connectivity index (χ1n) is 4.37. The van der Waals surface area contributed by atoms with Crippen LogP contribution in [-0.4, -0.2) is 16.6 Å². The number of para-hydroxylation sites is 1. The molecule has 0 saturated carbocycles. The van der Waals surface area contributed by atoms with Crippen LogP contribution in [0, 0.1) is 0 Å². The highest BCUT2D eigenvalue weighted by Crippen LogP contribution is 2.38. The van der Waals surface area contributed by atoms with Crippen molar-refractivity contribution in [2.24, 2.45) is 0 Å². The summed E-state index contributed by atoms with van der Waals surface area (Å²) in [4.78, 5) is 0. The first kappa shape index (κ1) is 8.91. The second kappa shape index (κ2) is 3.24. The van der Waals surface area contributed by atoms with Crippen molar-refractivity contribution < 1.29 is 5.11 Å². The third-order valence-electron chi connectivity index (χ3n) is 2.46. The van der Waals surface area contributed by atoms with Crippen molar-refractivity contribution in [1.29, 1.82) is 0 Å². The first-order valence-corrected chi connectivity index (χ1v) is 5.53. The molecule has 1 aromatic carbocycles. The highest BCUT2D eigenvalue weighted by atomic mass is 32.2. The molecule has 3 heteroatoms. The minimum absolute atomic E-state index is 0.685. The van der Waals surface area contributed by atoms with Gasteiger partial charge in [-0.05, 0) is 18.2 Å². The lowest BCUT2D eigenvalue weighted by Gasteiger charge is -2.23. The molecule has 0 aromatic heterocycles. The molecule has 1 aliphatic rings. The molecule has 0 spiro atoms. The van der Waals surface area contributed by atoms with Gasteiger partial charge in [0.05, 0.1) is 0 Å². The van der Waals surface area contributed by atoms with Gasteiger partial charge in [-0.3, -0.25) is 0 Å². The van der Waals surface area contributed by atoms with Gasteiger partial charge in [0.25, 0.3) is 0 Å². The molecule has 2 rings (SSSR count). The average Bonchev–Trinajstić information content (AvgIpc) is 2.54. The maximum atomic E-state index is 10.2. The lowest BCUT2D eigenvalue weighted by Crippen LogP contribution is -2.25. The fourth-order valence-corrected chi connectivity index (χ4v) is 2.95. The molecule has 1 aromatic rings. The second-order valence-corrected chi connectivity index (χ2v) is 4.53. The van der Waals surface area contributed by atoms with Crippen LogP contribution >= 0.6 is 11.8 Å². The van der Waals surface area contributed by atoms with Gasteiger partial charge in [0.15, 0.2) is 0 Å². The van der Waals surface area contributed by atoms with Crippen molar-refractivity contribution in [3.63, 3.8) is 0 Å². The van der Waals surface area contributed by atoms with E-state index in [2.05, 4.69) is 0 Å². The van der Waals surface area contributed by atoms with E-state index in [1.54, 1.807) is 11.8 Å². The number of thioether (sulfide) groups is 1. The molecule has 1 unspecified atom stereocenters. The molecule has 0 bridgehead atoms. The Labute approximate surface area is 82.1 Å². The van der Waals surface area contributed by atoms with Crippen molar-refractivity contribution in [3.05, 3.63) is 29.8 Å². The van der Waals surface area contributed by atoms with Crippen LogP contribution in [-0.2, 0) is 5.60 Å². The van der Waals surface area contributed by atoms with Crippen molar-refractivity contribution in [3.8, 4) is 0 Å². The summed E-state index contributed by atoms with van der Waals surface area (Å²) in [5.41, 5.74) is 6.72. The zero-order valence-electron chi connectivity index (χ0n) is 7.36. The van der Waals surface area contributed by atoms with Crippen LogP contribution in [0.5, 0.6) is 0 Å². The molecule has 1 fully saturated rings. The molecule has 70 valence electrons. The third-order valence-corrected chi connectivity index (χ3v) is 3.64. The van der Waals surface area contributed by atoms with Gasteiger partial charge in [-0.15, -0.1) is 0 Å². The fraction of sp³-hybridized carbons (Fsp3) is 0.400. The molecule has 13 heavy (non-hydrogen) atoms. The number of hydrogen-bond acceptors (Lipinski definition) is 3. The predicted octanol–water partition coefficient (Wildman–Crippen LogP) is 1.59. The molecule has 0 radical (unpaired) electrons. The Bertz CT molecular complexity index is 308. The average molecular weight is 195 g/mol. The standard InChI is InChI=1S/C10H13NOS/c11-9-4-2-1-3-8(9)10(12)5-6-13-7-10/h1-4,12H,5-7,11H2. The summed E-state index contributed by atoms with van der Waals surface area (Å²) in [7, 11) is 0. The lowest BCUT2D eigenvalue weighted by molar-refractivity contribution is 0.0666. The van der Waals surface area contributed by atoms with E-state index in [0.717, 1.165) is 23.5 Å². The molecular formula is C10H13NOS. The topological polar surface area (TPSA) is 46.2 Å². The van der Waals surface area contributed by atoms with Gasteiger partial charge >= 0.3 is 0 Å². The Hall–Kier alpha value is -0.670. The highest BCUT2D eigenvalue weighted by molar-refractivity contribution is 7.99. The molecule has 0 amide bonds. The largest absolute Gasteiger partial charge is 0.398 e. The predicted molar refractivity (Wildman–Crippen MR) is 56.7 cm³/mol. The summed E-state index contributed by atoms with van der Waals surface area (Å²) in [5, 5.41) is 10.2. The van der Waals surface area contributed by atoms with Crippen LogP contribution in [0.15, 0.2) is 24.3 Å². The van der Waals surface area contributed by atoms with Gasteiger partial charge in [-0.2, -0.15) is 11.8 Å². The molecule has 0 aliphatic carbocycles. The fourth-order valence-electron chi connectivity index (χ4n) is 1.69. The monoisotopic (exact) mass is 195 g/mol. The van der Waals surface area contributed by atoms with Crippen molar-refractivity contribution in [2.45, 2.75) is 12.0 Å². The molecule has 1 atom stereocenters. The molecule has 1 saturated heterocycles. The summed E-state index contributed by atoms with van der Waals surface area (Å²) < 4.78 is 0. The van der Waals surface area contributed by atoms with Gasteiger partial charge < -0.3 is 10.8 Å². The summed E-state index contributed by atoms with van der Waals surface area (Å²) in [6.45, 7) is 0. The third kappa shape index (κ3) is 1.54. The Balaban J connectivity index is 2.39. The smallest absolute Gasteiger partial charge is 0.101 e. The van der Waals surface area contributed by atoms with Crippen LogP contribution in [0.25, 0.3) is 0 Å². The second-order valence-electron chi connectivity index (χ2n) is 3.42. The van der Waals surface area contributed by atoms with Crippen LogP contribution in [0.1, 0.15) is 12.0 Å². The Morgan fingerprint density at radius 3 is 2.77 bits per heavy atom. The number of aliphatic hydroxyl groups is 1. The van der Waals surface area contributed by atoms with Crippen LogP contribution in [0.3, 0.4) is 0 Å². The number of rotatable bonds is 1. The Morgan fingerprint density at radius 2 is 2.15 bits per heavy atom. The van der Waals surface area contributed by atoms with Gasteiger partial charge in [0.2, 0.25) is 0 Å². The van der Waals surface area contributed by atoms with E-state index in [1.807, 2.05) is 24.3 Å². The zero-order chi connectivity index (χ0) is 9.31. The van der Waals surface area contributed by atoms with Gasteiger partial charge in [-0.25, -0.2) is 0 Å². The van der Waals surface area contributed by atoms with Crippen LogP contribution < -0.4 is 5.73 Å². The number of nitrogen functional groups attached to an aromatic ring is 1. The van der Waals surface area contributed by atoms with Crippen LogP contribution in [0.2, 0.25) is 0 Å². The molecular weight excluding hydrogens is 182 g/mol. The highest BCUT2D eigenvalue weighted by Gasteiger charge is 2.34. The maximum Gasteiger partial charge on any atom is 0.101 e. The van der Waals surface area contributed by atoms with Crippen LogP contribution in [0.4, 0.5) is 5.69 Å². The number of nitrogens with two attached hydrogens (primary N) is 1. The van der Waals surface area contributed by atoms with Crippen molar-refractivity contribution >= 4 is 17.4 Å². The van der Waals surface area contributed by atoms with E-state index >= 15 is 0 Å². The minimum Gasteiger partial charge on any atom is -0.398 e. The summed E-state index contributed by atoms with van der Waals surface area (Å²) >= 11 is 1.78. The molecule has 1 aliphatic heterocycles. The van der Waals surface area contributed by atoms with Crippen molar-refractivity contribution in [2.75, 3.05) is 17.2 Å². The molecule has 3 N–H and O–H groups in total.